The van der Waals surface area contributed by atoms with Crippen LogP contribution in [0.3, 0.4) is 0 Å². The second kappa shape index (κ2) is 10.1. The van der Waals surface area contributed by atoms with Crippen molar-refractivity contribution in [2.45, 2.75) is 26.9 Å². The maximum atomic E-state index is 6.02. The van der Waals surface area contributed by atoms with E-state index in [2.05, 4.69) is 24.2 Å². The molecular formula is C14H23ClIN3O. The van der Waals surface area contributed by atoms with Crippen LogP contribution in [0.5, 0.6) is 5.75 Å². The van der Waals surface area contributed by atoms with Crippen molar-refractivity contribution in [1.82, 2.24) is 5.32 Å². The van der Waals surface area contributed by atoms with Crippen LogP contribution in [0.2, 0.25) is 5.02 Å². The van der Waals surface area contributed by atoms with Crippen LogP contribution >= 0.6 is 35.6 Å². The van der Waals surface area contributed by atoms with Crippen LogP contribution in [0.1, 0.15) is 20.8 Å². The van der Waals surface area contributed by atoms with Crippen molar-refractivity contribution in [3.63, 3.8) is 0 Å². The zero-order valence-corrected chi connectivity index (χ0v) is 15.2. The molecule has 0 spiro atoms. The van der Waals surface area contributed by atoms with Gasteiger partial charge in [-0.25, -0.2) is 0 Å². The van der Waals surface area contributed by atoms with Crippen molar-refractivity contribution in [3.05, 3.63) is 29.3 Å². The van der Waals surface area contributed by atoms with E-state index >= 15 is 0 Å². The number of hydrogen-bond donors (Lipinski definition) is 2. The zero-order valence-electron chi connectivity index (χ0n) is 12.1. The van der Waals surface area contributed by atoms with E-state index in [4.69, 9.17) is 22.1 Å². The van der Waals surface area contributed by atoms with Crippen LogP contribution in [-0.4, -0.2) is 25.2 Å². The van der Waals surface area contributed by atoms with Crippen LogP contribution < -0.4 is 15.8 Å². The average Bonchev–Trinajstić information content (AvgIpc) is 2.36. The minimum absolute atomic E-state index is 0. The lowest BCUT2D eigenvalue weighted by molar-refractivity contribution is 0.224. The summed E-state index contributed by atoms with van der Waals surface area (Å²) < 4.78 is 5.72. The van der Waals surface area contributed by atoms with Gasteiger partial charge in [-0.1, -0.05) is 37.6 Å². The molecule has 0 saturated heterocycles. The van der Waals surface area contributed by atoms with Gasteiger partial charge in [-0.15, -0.1) is 24.0 Å². The lowest BCUT2D eigenvalue weighted by atomic mass is 10.2. The van der Waals surface area contributed by atoms with E-state index in [1.54, 1.807) is 6.07 Å². The Morgan fingerprint density at radius 3 is 2.60 bits per heavy atom. The Kier molecular flexibility index (Phi) is 9.75. The molecule has 114 valence electrons. The molecule has 6 heteroatoms. The number of aliphatic imine (C=N–C) groups is 1. The third-order valence-electron chi connectivity index (χ3n) is 2.36. The largest absolute Gasteiger partial charge is 0.487 e. The second-order valence-corrected chi connectivity index (χ2v) is 5.27. The Hall–Kier alpha value is -0.690. The van der Waals surface area contributed by atoms with Gasteiger partial charge in [0.2, 0.25) is 0 Å². The number of benzene rings is 1. The van der Waals surface area contributed by atoms with Crippen molar-refractivity contribution in [2.24, 2.45) is 16.6 Å². The van der Waals surface area contributed by atoms with Gasteiger partial charge in [-0.2, -0.15) is 0 Å². The smallest absolute Gasteiger partial charge is 0.188 e. The van der Waals surface area contributed by atoms with Crippen LogP contribution in [-0.2, 0) is 0 Å². The Morgan fingerprint density at radius 1 is 1.35 bits per heavy atom. The number of guanidine groups is 1. The Morgan fingerprint density at radius 2 is 2.00 bits per heavy atom. The monoisotopic (exact) mass is 411 g/mol. The molecule has 1 rings (SSSR count). The first-order valence-electron chi connectivity index (χ1n) is 6.44. The molecule has 20 heavy (non-hydrogen) atoms. The molecule has 0 aliphatic carbocycles. The maximum Gasteiger partial charge on any atom is 0.188 e. The predicted molar refractivity (Wildman–Crippen MR) is 96.3 cm³/mol. The van der Waals surface area contributed by atoms with E-state index in [0.717, 1.165) is 6.54 Å². The molecule has 1 unspecified atom stereocenters. The Labute approximate surface area is 143 Å². The van der Waals surface area contributed by atoms with Crippen molar-refractivity contribution in [3.8, 4) is 5.75 Å². The number of hydrogen-bond acceptors (Lipinski definition) is 2. The van der Waals surface area contributed by atoms with Crippen LogP contribution in [0.25, 0.3) is 0 Å². The number of ether oxygens (including phenoxy) is 1. The standard InChI is InChI=1S/C14H22ClN3O.HI/c1-10(2)8-17-14(16)18-9-11(3)19-13-7-5-4-6-12(13)15;/h4-7,10-11H,8-9H2,1-3H3,(H3,16,17,18);1H. The van der Waals surface area contributed by atoms with Crippen LogP contribution in [0.15, 0.2) is 29.3 Å². The molecule has 1 aromatic carbocycles. The molecular weight excluding hydrogens is 389 g/mol. The summed E-state index contributed by atoms with van der Waals surface area (Å²) in [5.41, 5.74) is 5.75. The van der Waals surface area contributed by atoms with Gasteiger partial charge >= 0.3 is 0 Å². The zero-order chi connectivity index (χ0) is 14.3. The normalized spacial score (nSPS) is 12.8. The Balaban J connectivity index is 0.00000361. The van der Waals surface area contributed by atoms with E-state index in [9.17, 15) is 0 Å². The van der Waals surface area contributed by atoms with E-state index in [1.807, 2.05) is 25.1 Å². The van der Waals surface area contributed by atoms with Crippen LogP contribution in [0, 0.1) is 5.92 Å². The second-order valence-electron chi connectivity index (χ2n) is 4.86. The fourth-order valence-electron chi connectivity index (χ4n) is 1.38. The van der Waals surface area contributed by atoms with Crippen molar-refractivity contribution in [1.29, 1.82) is 0 Å². The van der Waals surface area contributed by atoms with Gasteiger partial charge in [-0.05, 0) is 25.0 Å². The summed E-state index contributed by atoms with van der Waals surface area (Å²) in [4.78, 5) is 4.22. The van der Waals surface area contributed by atoms with Crippen molar-refractivity contribution in [2.75, 3.05) is 13.1 Å². The first-order valence-corrected chi connectivity index (χ1v) is 6.81. The molecule has 1 atom stereocenters. The summed E-state index contributed by atoms with van der Waals surface area (Å²) in [5, 5.41) is 3.64. The summed E-state index contributed by atoms with van der Waals surface area (Å²) in [7, 11) is 0. The SMILES string of the molecule is CC(C)CN=C(N)NCC(C)Oc1ccccc1Cl.I. The topological polar surface area (TPSA) is 59.6 Å². The lowest BCUT2D eigenvalue weighted by Crippen LogP contribution is -2.38. The van der Waals surface area contributed by atoms with Gasteiger partial charge in [0.15, 0.2) is 5.96 Å². The van der Waals surface area contributed by atoms with Gasteiger partial charge in [0, 0.05) is 6.54 Å². The highest BCUT2D eigenvalue weighted by Gasteiger charge is 2.07. The molecule has 0 radical (unpaired) electrons. The number of halogens is 2. The first kappa shape index (κ1) is 19.3. The molecule has 4 nitrogen and oxygen atoms in total. The van der Waals surface area contributed by atoms with Gasteiger partial charge in [-0.3, -0.25) is 4.99 Å². The highest BCUT2D eigenvalue weighted by atomic mass is 127. The van der Waals surface area contributed by atoms with Crippen molar-refractivity contribution >= 4 is 41.5 Å². The molecule has 0 saturated carbocycles. The molecule has 0 fully saturated rings. The lowest BCUT2D eigenvalue weighted by Gasteiger charge is -2.16. The molecule has 3 N–H and O–H groups in total. The molecule has 0 aliphatic rings. The Bertz CT molecular complexity index is 427. The van der Waals surface area contributed by atoms with Gasteiger partial charge in [0.05, 0.1) is 11.6 Å². The van der Waals surface area contributed by atoms with E-state index in [1.165, 1.54) is 0 Å². The summed E-state index contributed by atoms with van der Waals surface area (Å²) >= 11 is 6.02. The molecule has 1 aromatic rings. The summed E-state index contributed by atoms with van der Waals surface area (Å²) in [6, 6.07) is 7.40. The quantitative estimate of drug-likeness (QED) is 0.429. The van der Waals surface area contributed by atoms with Crippen molar-refractivity contribution < 1.29 is 4.74 Å². The number of para-hydroxylation sites is 1. The average molecular weight is 412 g/mol. The molecule has 0 bridgehead atoms. The van der Waals surface area contributed by atoms with Crippen LogP contribution in [0.4, 0.5) is 0 Å². The fraction of sp³-hybridized carbons (Fsp3) is 0.500. The molecule has 0 aliphatic heterocycles. The van der Waals surface area contributed by atoms with Gasteiger partial charge in [0.25, 0.3) is 0 Å². The number of nitrogens with two attached hydrogens (primary N) is 1. The molecule has 0 amide bonds. The number of rotatable bonds is 6. The van der Waals surface area contributed by atoms with Gasteiger partial charge in [0.1, 0.15) is 11.9 Å². The van der Waals surface area contributed by atoms with E-state index < -0.39 is 0 Å². The number of nitrogens with one attached hydrogen (secondary N) is 1. The fourth-order valence-corrected chi connectivity index (χ4v) is 1.56. The highest BCUT2D eigenvalue weighted by Crippen LogP contribution is 2.23. The van der Waals surface area contributed by atoms with E-state index in [-0.39, 0.29) is 30.1 Å². The third-order valence-corrected chi connectivity index (χ3v) is 2.67. The summed E-state index contributed by atoms with van der Waals surface area (Å²) in [6.45, 7) is 7.45. The minimum atomic E-state index is -0.0484. The minimum Gasteiger partial charge on any atom is -0.487 e. The number of nitrogens with zero attached hydrogens (tertiary/aromatic N) is 1. The summed E-state index contributed by atoms with van der Waals surface area (Å²) in [6.07, 6.45) is -0.0484. The van der Waals surface area contributed by atoms with Gasteiger partial charge < -0.3 is 15.8 Å². The third kappa shape index (κ3) is 7.79. The first-order chi connectivity index (χ1) is 8.99. The molecule has 0 aromatic heterocycles. The summed E-state index contributed by atoms with van der Waals surface area (Å²) in [5.74, 6) is 1.62. The maximum absolute atomic E-state index is 6.02. The predicted octanol–water partition coefficient (Wildman–Crippen LogP) is 3.29. The molecule has 0 heterocycles. The van der Waals surface area contributed by atoms with E-state index in [0.29, 0.717) is 29.2 Å². The highest BCUT2D eigenvalue weighted by molar-refractivity contribution is 14.0.